The zero-order valence-corrected chi connectivity index (χ0v) is 18.0. The highest BCUT2D eigenvalue weighted by atomic mass is 35.5. The van der Waals surface area contributed by atoms with Crippen LogP contribution in [0.3, 0.4) is 0 Å². The molecule has 2 aromatic rings. The molecule has 3 atom stereocenters. The molecule has 0 aliphatic rings. The number of carbonyl (C=O) groups excluding carboxylic acids is 1. The number of hydroxylamine groups is 2. The summed E-state index contributed by atoms with van der Waals surface area (Å²) in [7, 11) is -3.21. The van der Waals surface area contributed by atoms with E-state index < -0.39 is 14.4 Å². The molecule has 0 aromatic heterocycles. The van der Waals surface area contributed by atoms with Crippen LogP contribution in [0.15, 0.2) is 48.5 Å². The van der Waals surface area contributed by atoms with E-state index >= 15 is 0 Å². The molecule has 3 unspecified atom stereocenters. The van der Waals surface area contributed by atoms with E-state index in [1.807, 2.05) is 37.3 Å². The molecular weight excluding hydrogens is 424 g/mol. The first kappa shape index (κ1) is 22.9. The second kappa shape index (κ2) is 11.0. The average molecular weight is 446 g/mol. The van der Waals surface area contributed by atoms with Crippen molar-refractivity contribution in [3.63, 3.8) is 0 Å². The van der Waals surface area contributed by atoms with E-state index in [9.17, 15) is 14.3 Å². The van der Waals surface area contributed by atoms with Gasteiger partial charge in [0.1, 0.15) is 6.10 Å². The van der Waals surface area contributed by atoms with Gasteiger partial charge < -0.3 is 9.42 Å². The quantitative estimate of drug-likeness (QED) is 0.414. The Balaban J connectivity index is 2.10. The first-order valence-electron chi connectivity index (χ1n) is 8.62. The van der Waals surface area contributed by atoms with Crippen molar-refractivity contribution >= 4 is 37.4 Å². The van der Waals surface area contributed by atoms with E-state index in [4.69, 9.17) is 32.6 Å². The zero-order valence-electron chi connectivity index (χ0n) is 15.5. The molecule has 152 valence electrons. The highest BCUT2D eigenvalue weighted by Gasteiger charge is 2.21. The lowest BCUT2D eigenvalue weighted by Gasteiger charge is -2.26. The second-order valence-electron chi connectivity index (χ2n) is 6.11. The zero-order chi connectivity index (χ0) is 20.7. The monoisotopic (exact) mass is 445 g/mol. The highest BCUT2D eigenvalue weighted by Crippen LogP contribution is 2.34. The Morgan fingerprint density at radius 1 is 1.14 bits per heavy atom. The van der Waals surface area contributed by atoms with Gasteiger partial charge in [0.15, 0.2) is 0 Å². The van der Waals surface area contributed by atoms with Crippen molar-refractivity contribution in [3.05, 3.63) is 69.7 Å². The molecule has 0 spiro atoms. The Hall–Kier alpha value is -1.40. The molecule has 2 aromatic carbocycles. The number of amides is 1. The van der Waals surface area contributed by atoms with Gasteiger partial charge in [0.2, 0.25) is 5.91 Å². The maximum Gasteiger partial charge on any atom is 0.317 e. The van der Waals surface area contributed by atoms with Gasteiger partial charge in [0, 0.05) is 6.92 Å². The lowest BCUT2D eigenvalue weighted by Crippen LogP contribution is -2.32. The van der Waals surface area contributed by atoms with Crippen LogP contribution in [0.2, 0.25) is 10.0 Å². The number of rotatable bonds is 9. The molecule has 0 radical (unpaired) electrons. The van der Waals surface area contributed by atoms with Gasteiger partial charge in [-0.2, -0.15) is 0 Å². The molecule has 6 nitrogen and oxygen atoms in total. The fourth-order valence-electron chi connectivity index (χ4n) is 2.62. The Morgan fingerprint density at radius 3 is 2.39 bits per heavy atom. The van der Waals surface area contributed by atoms with Crippen molar-refractivity contribution in [2.45, 2.75) is 32.5 Å². The second-order valence-corrected chi connectivity index (χ2v) is 7.70. The summed E-state index contributed by atoms with van der Waals surface area (Å²) in [4.78, 5) is 27.0. The minimum atomic E-state index is -3.21. The third kappa shape index (κ3) is 6.89. The summed E-state index contributed by atoms with van der Waals surface area (Å²) in [5.74, 6) is -0.285. The third-order valence-electron chi connectivity index (χ3n) is 4.06. The van der Waals surface area contributed by atoms with Gasteiger partial charge in [-0.05, 0) is 36.6 Å². The normalized spacial score (nSPS) is 14.3. The van der Waals surface area contributed by atoms with Gasteiger partial charge in [-0.3, -0.25) is 14.2 Å². The van der Waals surface area contributed by atoms with Crippen LogP contribution in [0.5, 0.6) is 0 Å². The van der Waals surface area contributed by atoms with Crippen molar-refractivity contribution < 1.29 is 23.6 Å². The van der Waals surface area contributed by atoms with Crippen LogP contribution in [-0.2, 0) is 18.7 Å². The van der Waals surface area contributed by atoms with Crippen LogP contribution >= 0.6 is 31.5 Å². The minimum Gasteiger partial charge on any atom is -0.326 e. The molecule has 0 heterocycles. The Labute approximate surface area is 174 Å². The lowest BCUT2D eigenvalue weighted by molar-refractivity contribution is -0.204. The minimum absolute atomic E-state index is 0.159. The highest BCUT2D eigenvalue weighted by molar-refractivity contribution is 7.32. The van der Waals surface area contributed by atoms with E-state index in [0.717, 1.165) is 5.56 Å². The van der Waals surface area contributed by atoms with Crippen molar-refractivity contribution in [3.8, 4) is 0 Å². The number of carbonyl (C=O) groups is 1. The van der Waals surface area contributed by atoms with Crippen molar-refractivity contribution in [2.75, 3.05) is 6.54 Å². The molecule has 9 heteroatoms. The van der Waals surface area contributed by atoms with Crippen molar-refractivity contribution in [2.24, 2.45) is 0 Å². The van der Waals surface area contributed by atoms with E-state index in [0.29, 0.717) is 15.6 Å². The maximum atomic E-state index is 12.0. The smallest absolute Gasteiger partial charge is 0.317 e. The molecule has 0 saturated heterocycles. The molecule has 28 heavy (non-hydrogen) atoms. The summed E-state index contributed by atoms with van der Waals surface area (Å²) in [6, 6.07) is 14.3. The van der Waals surface area contributed by atoms with Crippen LogP contribution in [-0.4, -0.2) is 22.4 Å². The van der Waals surface area contributed by atoms with Crippen LogP contribution in [0.4, 0.5) is 0 Å². The van der Waals surface area contributed by atoms with Crippen LogP contribution in [0.1, 0.15) is 43.6 Å². The summed E-state index contributed by atoms with van der Waals surface area (Å²) in [5.41, 5.74) is 1.51. The summed E-state index contributed by atoms with van der Waals surface area (Å²) in [5, 5.41) is 1.90. The summed E-state index contributed by atoms with van der Waals surface area (Å²) in [6.45, 7) is 3.39. The molecule has 1 N–H and O–H groups in total. The van der Waals surface area contributed by atoms with E-state index in [-0.39, 0.29) is 25.0 Å². The van der Waals surface area contributed by atoms with Gasteiger partial charge >= 0.3 is 8.25 Å². The Bertz CT molecular complexity index is 821. The van der Waals surface area contributed by atoms with Crippen LogP contribution in [0, 0.1) is 0 Å². The van der Waals surface area contributed by atoms with Gasteiger partial charge in [0.25, 0.3) is 0 Å². The lowest BCUT2D eigenvalue weighted by atomic mass is 10.1. The first-order valence-corrected chi connectivity index (χ1v) is 10.6. The molecular formula is C19H22Cl2NO5P. The molecule has 0 aliphatic heterocycles. The standard InChI is InChI=1S/C19H22Cl2NO5P/c1-13(15-6-4-3-5-7-15)26-22(14(2)23)11-10-19(27-28(24)25)16-8-9-17(20)18(21)12-16/h3-9,12-13,19,28H,10-11H2,1-2H3,(H,24,25). The Morgan fingerprint density at radius 2 is 1.82 bits per heavy atom. The predicted octanol–water partition coefficient (Wildman–Crippen LogP) is 5.36. The van der Waals surface area contributed by atoms with E-state index in [2.05, 4.69) is 0 Å². The molecule has 1 amide bonds. The average Bonchev–Trinajstić information content (AvgIpc) is 2.66. The van der Waals surface area contributed by atoms with E-state index in [1.54, 1.807) is 18.2 Å². The SMILES string of the molecule is CC(=O)N(CCC(O[PH](=O)O)c1ccc(Cl)c(Cl)c1)OC(C)c1ccccc1. The maximum absolute atomic E-state index is 12.0. The molecule has 0 aliphatic carbocycles. The van der Waals surface area contributed by atoms with Gasteiger partial charge in [-0.15, -0.1) is 0 Å². The van der Waals surface area contributed by atoms with Crippen molar-refractivity contribution in [1.82, 2.24) is 5.06 Å². The van der Waals surface area contributed by atoms with Gasteiger partial charge in [-0.25, -0.2) is 5.06 Å². The summed E-state index contributed by atoms with van der Waals surface area (Å²) >= 11 is 12.0. The number of halogens is 2. The first-order chi connectivity index (χ1) is 13.3. The predicted molar refractivity (Wildman–Crippen MR) is 109 cm³/mol. The summed E-state index contributed by atoms with van der Waals surface area (Å²) in [6.07, 6.45) is -0.856. The Kier molecular flexibility index (Phi) is 8.96. The fraction of sp³-hybridized carbons (Fsp3) is 0.316. The topological polar surface area (TPSA) is 76.1 Å². The number of nitrogens with zero attached hydrogens (tertiary/aromatic N) is 1. The largest absolute Gasteiger partial charge is 0.326 e. The van der Waals surface area contributed by atoms with Gasteiger partial charge in [0.05, 0.1) is 22.7 Å². The van der Waals surface area contributed by atoms with Crippen LogP contribution in [0.25, 0.3) is 0 Å². The van der Waals surface area contributed by atoms with E-state index in [1.165, 1.54) is 12.0 Å². The number of hydrogen-bond donors (Lipinski definition) is 1. The van der Waals surface area contributed by atoms with Crippen LogP contribution < -0.4 is 0 Å². The number of hydrogen-bond acceptors (Lipinski definition) is 4. The molecule has 2 rings (SSSR count). The van der Waals surface area contributed by atoms with Gasteiger partial charge in [-0.1, -0.05) is 59.6 Å². The molecule has 0 bridgehead atoms. The molecule has 0 saturated carbocycles. The number of benzene rings is 2. The fourth-order valence-corrected chi connectivity index (χ4v) is 3.43. The molecule has 0 fully saturated rings. The third-order valence-corrected chi connectivity index (χ3v) is 5.28. The summed E-state index contributed by atoms with van der Waals surface area (Å²) < 4.78 is 16.4. The van der Waals surface area contributed by atoms with Crippen molar-refractivity contribution in [1.29, 1.82) is 0 Å².